The number of allylic oxidation sites excluding steroid dienone is 4. The Balaban J connectivity index is 1.22. The van der Waals surface area contributed by atoms with Crippen LogP contribution in [0, 0.1) is 43.4 Å². The average Bonchev–Trinajstić information content (AvgIpc) is 0.752. The molecule has 1 aromatic carbocycles. The molecule has 3 aliphatic heterocycles. The van der Waals surface area contributed by atoms with Crippen LogP contribution < -0.4 is 4.74 Å². The maximum atomic E-state index is 15.3. The van der Waals surface area contributed by atoms with E-state index < -0.39 is 119 Å². The van der Waals surface area contributed by atoms with Crippen molar-refractivity contribution in [3.8, 4) is 5.75 Å². The number of ketones is 2. The standard InChI is InChI=1S/C104H171NO21/c1-16-19-21-23-25-27-29-31-33-35-39-43-47-55-92(108)120-72-83(73-121-93(109)56-48-44-40-36-34-32-30-28-26-24-22-20-17-2)122-94(110)57-49-45-41-37-38-42-46-50-58-95(111)124-89-65-76(6)63-77(7)97(89)103(11,12)71-96(112)123-87-70-86(107)82(53-18-3)64-74(4)62-75(5)66-90(118-14)99-91(119-15)68-79(9)104(116,126-99)100(113)101(114)105-61-52-51-54-84(105)102(115)125-98(80(87)10)78(8)67-81-59-60-85(106)88(69-81)117-13/h18,63-65,67,75,79-85,87-88,90-91,98-99,106,116H,3,16-17,19-62,66,68-73H2,1-2,4-15H3/b74-64+,78-67+/t75-,79+,80+,81-,82+,84-,85+,87-,88+,90-,91-,98+,99+,104+/m0/s1. The number of Topliss-reactive ketones (excluding diaryl/α,β-unsaturated/α-hetero) is 2. The van der Waals surface area contributed by atoms with Crippen LogP contribution in [0.2, 0.25) is 0 Å². The molecule has 0 spiro atoms. The van der Waals surface area contributed by atoms with E-state index in [4.69, 9.17) is 47.4 Å². The van der Waals surface area contributed by atoms with Crippen molar-refractivity contribution in [1.29, 1.82) is 0 Å². The van der Waals surface area contributed by atoms with Gasteiger partial charge in [0.05, 0.1) is 30.8 Å². The number of amides is 1. The van der Waals surface area contributed by atoms with Gasteiger partial charge in [-0.3, -0.25) is 38.4 Å². The molecule has 22 nitrogen and oxygen atoms in total. The molecule has 2 saturated heterocycles. The van der Waals surface area contributed by atoms with E-state index in [0.717, 1.165) is 93.7 Å². The molecular weight excluding hydrogens is 1600 g/mol. The van der Waals surface area contributed by atoms with Gasteiger partial charge in [0.25, 0.3) is 11.7 Å². The second kappa shape index (κ2) is 61.5. The summed E-state index contributed by atoms with van der Waals surface area (Å²) in [5.41, 5.74) is 2.69. The Kier molecular flexibility index (Phi) is 53.8. The molecule has 1 saturated carbocycles. The molecule has 126 heavy (non-hydrogen) atoms. The lowest BCUT2D eigenvalue weighted by molar-refractivity contribution is -0.302. The summed E-state index contributed by atoms with van der Waals surface area (Å²) in [6, 6.07) is 2.49. The molecule has 718 valence electrons. The number of hydrogen-bond acceptors (Lipinski definition) is 21. The minimum atomic E-state index is -2.61. The minimum Gasteiger partial charge on any atom is -0.462 e. The zero-order valence-electron chi connectivity index (χ0n) is 80.8. The number of nitrogens with zero attached hydrogens (tertiary/aromatic N) is 1. The predicted octanol–water partition coefficient (Wildman–Crippen LogP) is 21.9. The number of piperidine rings is 1. The Morgan fingerprint density at radius 3 is 1.58 bits per heavy atom. The van der Waals surface area contributed by atoms with Gasteiger partial charge >= 0.3 is 35.8 Å². The zero-order chi connectivity index (χ0) is 92.4. The number of methoxy groups -OCH3 is 3. The molecule has 5 rings (SSSR count). The molecule has 22 heteroatoms. The molecule has 3 fully saturated rings. The van der Waals surface area contributed by atoms with E-state index in [9.17, 15) is 39.0 Å². The van der Waals surface area contributed by atoms with Gasteiger partial charge in [-0.15, -0.1) is 6.58 Å². The average molecular weight is 1770 g/mol. The Hall–Kier alpha value is -6.17. The Morgan fingerprint density at radius 1 is 0.595 bits per heavy atom. The lowest BCUT2D eigenvalue weighted by atomic mass is 9.78. The van der Waals surface area contributed by atoms with Crippen LogP contribution in [-0.4, -0.2) is 170 Å². The summed E-state index contributed by atoms with van der Waals surface area (Å²) >= 11 is 0. The second-order valence-electron chi connectivity index (χ2n) is 38.5. The van der Waals surface area contributed by atoms with Crippen molar-refractivity contribution in [2.45, 2.75) is 463 Å². The highest BCUT2D eigenvalue weighted by molar-refractivity contribution is 6.39. The number of esters is 6. The lowest BCUT2D eigenvalue weighted by Gasteiger charge is -2.47. The number of hydrogen-bond donors (Lipinski definition) is 2. The molecule has 4 aliphatic rings. The van der Waals surface area contributed by atoms with Gasteiger partial charge in [-0.25, -0.2) is 4.79 Å². The van der Waals surface area contributed by atoms with Crippen molar-refractivity contribution in [3.05, 3.63) is 64.8 Å². The number of benzene rings is 1. The van der Waals surface area contributed by atoms with Crippen LogP contribution >= 0.6 is 0 Å². The first-order valence-electron chi connectivity index (χ1n) is 49.7. The number of rotatable bonds is 56. The highest BCUT2D eigenvalue weighted by atomic mass is 16.7. The molecular formula is C104H171NO21. The van der Waals surface area contributed by atoms with Crippen molar-refractivity contribution >= 4 is 53.3 Å². The first-order valence-corrected chi connectivity index (χ1v) is 49.7. The summed E-state index contributed by atoms with van der Waals surface area (Å²) in [7, 11) is 4.58. The molecule has 1 aromatic rings. The summed E-state index contributed by atoms with van der Waals surface area (Å²) in [6.07, 6.45) is 40.9. The quantitative estimate of drug-likeness (QED) is 0.0153. The fourth-order valence-electron chi connectivity index (χ4n) is 19.3. The van der Waals surface area contributed by atoms with E-state index >= 15 is 14.4 Å². The van der Waals surface area contributed by atoms with E-state index in [-0.39, 0.29) is 107 Å². The van der Waals surface area contributed by atoms with Crippen LogP contribution in [0.15, 0.2) is 48.1 Å². The fraction of sp³-hybridized carbons (Fsp3) is 0.798. The summed E-state index contributed by atoms with van der Waals surface area (Å²) in [5, 5.41) is 23.3. The molecule has 2 bridgehead atoms. The van der Waals surface area contributed by atoms with Crippen molar-refractivity contribution in [1.82, 2.24) is 4.90 Å². The molecule has 0 aromatic heterocycles. The normalized spacial score (nSPS) is 25.0. The summed E-state index contributed by atoms with van der Waals surface area (Å²) in [4.78, 5) is 130. The van der Waals surface area contributed by atoms with E-state index in [0.29, 0.717) is 74.7 Å². The topological polar surface area (TPSA) is 290 Å². The highest BCUT2D eigenvalue weighted by Gasteiger charge is 2.57. The van der Waals surface area contributed by atoms with Crippen LogP contribution in [0.5, 0.6) is 5.75 Å². The SMILES string of the molecule is C=CC[C@@H]1/C=C(\C)C[C@H](C)C[C@H](OC)[C@H]2O[C@@](O)(C(=O)C(=O)N3CCCC[C@H]3C(=O)O[C@H](/C(C)=C/[C@@H]3CC[C@@H](O)[C@H](OC)C3)[C@H](C)[C@@H](OC(=O)CC(C)(C)c3c(C)cc(C)cc3OC(=O)CCCCCCCCCCC(=O)OC(COC(=O)CCCCCCCCCCCCCCC)COC(=O)CCCCCCCCCCCCCCC)CC1=O)[C@H](C)C[C@@H]2OC. The molecule has 0 unspecified atom stereocenters. The number of unbranched alkanes of at least 4 members (excludes halogenated alkanes) is 31. The Morgan fingerprint density at radius 2 is 1.08 bits per heavy atom. The minimum absolute atomic E-state index is 0.00108. The molecule has 1 aliphatic carbocycles. The number of ether oxygens (including phenoxy) is 10. The summed E-state index contributed by atoms with van der Waals surface area (Å²) in [6.45, 7) is 24.9. The van der Waals surface area contributed by atoms with Crippen LogP contribution in [0.3, 0.4) is 0 Å². The third-order valence-corrected chi connectivity index (χ3v) is 26.7. The first-order chi connectivity index (χ1) is 60.4. The first kappa shape index (κ1) is 110. The van der Waals surface area contributed by atoms with Crippen molar-refractivity contribution in [2.24, 2.45) is 29.6 Å². The fourth-order valence-corrected chi connectivity index (χ4v) is 19.3. The van der Waals surface area contributed by atoms with E-state index in [1.54, 1.807) is 33.1 Å². The van der Waals surface area contributed by atoms with Crippen molar-refractivity contribution < 1.29 is 101 Å². The van der Waals surface area contributed by atoms with E-state index in [1.807, 2.05) is 66.7 Å². The summed E-state index contributed by atoms with van der Waals surface area (Å²) in [5.74, 6) is -10.7. The van der Waals surface area contributed by atoms with E-state index in [2.05, 4.69) is 20.4 Å². The monoisotopic (exact) mass is 1770 g/mol. The Bertz CT molecular complexity index is 3410. The van der Waals surface area contributed by atoms with Crippen LogP contribution in [-0.2, 0) is 91.2 Å². The Labute approximate surface area is 759 Å². The maximum Gasteiger partial charge on any atom is 0.329 e. The number of carbonyl (C=O) groups is 9. The van der Waals surface area contributed by atoms with Crippen LogP contribution in [0.1, 0.15) is 400 Å². The number of aliphatic hydroxyl groups is 2. The molecule has 14 atom stereocenters. The second-order valence-corrected chi connectivity index (χ2v) is 38.5. The third kappa shape index (κ3) is 40.3. The molecule has 1 amide bonds. The van der Waals surface area contributed by atoms with Crippen LogP contribution in [0.4, 0.5) is 0 Å². The number of carbonyl (C=O) groups excluding carboxylic acids is 9. The third-order valence-electron chi connectivity index (χ3n) is 26.7. The number of cyclic esters (lactones) is 1. The molecule has 2 N–H and O–H groups in total. The van der Waals surface area contributed by atoms with Gasteiger partial charge in [-0.2, -0.15) is 0 Å². The number of fused-ring (bicyclic) bond motifs is 3. The van der Waals surface area contributed by atoms with Gasteiger partial charge in [0.15, 0.2) is 6.10 Å². The predicted molar refractivity (Wildman–Crippen MR) is 494 cm³/mol. The van der Waals surface area contributed by atoms with Gasteiger partial charge < -0.3 is 62.5 Å². The van der Waals surface area contributed by atoms with Gasteiger partial charge in [-0.05, 0) is 152 Å². The molecule has 0 radical (unpaired) electrons. The smallest absolute Gasteiger partial charge is 0.329 e. The highest BCUT2D eigenvalue weighted by Crippen LogP contribution is 2.43. The van der Waals surface area contributed by atoms with Crippen molar-refractivity contribution in [3.63, 3.8) is 0 Å². The molecule has 3 heterocycles. The lowest BCUT2D eigenvalue weighted by Crippen LogP contribution is -2.64. The largest absolute Gasteiger partial charge is 0.462 e. The number of aryl methyl sites for hydroxylation is 2. The maximum absolute atomic E-state index is 15.3. The van der Waals surface area contributed by atoms with Crippen LogP contribution in [0.25, 0.3) is 0 Å². The summed E-state index contributed by atoms with van der Waals surface area (Å²) < 4.78 is 60.8. The zero-order valence-corrected chi connectivity index (χ0v) is 80.8. The number of aliphatic hydroxyl groups excluding tert-OH is 1. The van der Waals surface area contributed by atoms with Gasteiger partial charge in [0.2, 0.25) is 5.79 Å². The van der Waals surface area contributed by atoms with E-state index in [1.165, 1.54) is 148 Å². The van der Waals surface area contributed by atoms with Gasteiger partial charge in [0, 0.05) is 88.7 Å². The van der Waals surface area contributed by atoms with Gasteiger partial charge in [0.1, 0.15) is 49.1 Å². The van der Waals surface area contributed by atoms with Gasteiger partial charge in [-0.1, -0.05) is 271 Å². The van der Waals surface area contributed by atoms with Crippen molar-refractivity contribution in [2.75, 3.05) is 41.1 Å².